The van der Waals surface area contributed by atoms with E-state index in [1.54, 1.807) is 0 Å². The van der Waals surface area contributed by atoms with Crippen LogP contribution in [0.3, 0.4) is 0 Å². The number of carbonyl (C=O) groups is 1. The Balaban J connectivity index is 1.70. The molecular formula is C17H23N3O. The molecule has 112 valence electrons. The molecule has 4 nitrogen and oxygen atoms in total. The van der Waals surface area contributed by atoms with Gasteiger partial charge in [0, 0.05) is 18.5 Å². The summed E-state index contributed by atoms with van der Waals surface area (Å²) in [7, 11) is 0. The number of benzene rings is 1. The maximum Gasteiger partial charge on any atom is 0.223 e. The summed E-state index contributed by atoms with van der Waals surface area (Å²) in [6, 6.07) is 6.85. The molecule has 0 atom stereocenters. The predicted molar refractivity (Wildman–Crippen MR) is 84.3 cm³/mol. The molecule has 4 heteroatoms. The van der Waals surface area contributed by atoms with Crippen LogP contribution in [0.2, 0.25) is 0 Å². The molecule has 1 heterocycles. The van der Waals surface area contributed by atoms with Crippen molar-refractivity contribution < 1.29 is 4.79 Å². The van der Waals surface area contributed by atoms with Gasteiger partial charge in [-0.15, -0.1) is 0 Å². The first-order valence-electron chi connectivity index (χ1n) is 7.81. The number of amides is 1. The first-order chi connectivity index (χ1) is 10.1. The Morgan fingerprint density at radius 3 is 2.86 bits per heavy atom. The number of hydrogen-bond acceptors (Lipinski definition) is 2. The lowest BCUT2D eigenvalue weighted by molar-refractivity contribution is -0.122. The molecule has 2 aromatic rings. The highest BCUT2D eigenvalue weighted by Crippen LogP contribution is 2.28. The van der Waals surface area contributed by atoms with Gasteiger partial charge < -0.3 is 9.88 Å². The number of hydrogen-bond donors (Lipinski definition) is 1. The number of imidazole rings is 1. The molecule has 0 radical (unpaired) electrons. The van der Waals surface area contributed by atoms with Crippen molar-refractivity contribution in [3.8, 4) is 0 Å². The van der Waals surface area contributed by atoms with Crippen LogP contribution in [0.15, 0.2) is 18.2 Å². The molecule has 0 spiro atoms. The Morgan fingerprint density at radius 1 is 1.43 bits per heavy atom. The molecule has 0 aliphatic heterocycles. The molecule has 1 aliphatic carbocycles. The van der Waals surface area contributed by atoms with Crippen LogP contribution < -0.4 is 5.32 Å². The van der Waals surface area contributed by atoms with Crippen molar-refractivity contribution in [2.75, 3.05) is 6.54 Å². The Bertz CT molecular complexity index is 668. The highest BCUT2D eigenvalue weighted by atomic mass is 16.2. The number of aromatic nitrogens is 2. The molecule has 1 amide bonds. The maximum atomic E-state index is 11.6. The SMILES string of the molecule is Cc1nc2cc(CCNC(=O)C3CC3)ccc2n1C(C)C. The van der Waals surface area contributed by atoms with Gasteiger partial charge in [0.05, 0.1) is 11.0 Å². The lowest BCUT2D eigenvalue weighted by Gasteiger charge is -2.10. The van der Waals surface area contributed by atoms with Crippen molar-refractivity contribution in [2.45, 2.75) is 46.1 Å². The van der Waals surface area contributed by atoms with Crippen molar-refractivity contribution >= 4 is 16.9 Å². The van der Waals surface area contributed by atoms with Gasteiger partial charge in [0.25, 0.3) is 0 Å². The molecule has 1 fully saturated rings. The summed E-state index contributed by atoms with van der Waals surface area (Å²) in [5.41, 5.74) is 3.47. The monoisotopic (exact) mass is 285 g/mol. The summed E-state index contributed by atoms with van der Waals surface area (Å²) in [6.07, 6.45) is 2.98. The van der Waals surface area contributed by atoms with E-state index >= 15 is 0 Å². The first-order valence-corrected chi connectivity index (χ1v) is 7.81. The van der Waals surface area contributed by atoms with Gasteiger partial charge >= 0.3 is 0 Å². The fourth-order valence-corrected chi connectivity index (χ4v) is 2.89. The van der Waals surface area contributed by atoms with Gasteiger partial charge in [-0.05, 0) is 57.7 Å². The third-order valence-corrected chi connectivity index (χ3v) is 4.11. The summed E-state index contributed by atoms with van der Waals surface area (Å²) < 4.78 is 2.26. The average Bonchev–Trinajstić information content (AvgIpc) is 3.21. The second kappa shape index (κ2) is 5.51. The standard InChI is InChI=1S/C17H23N3O/c1-11(2)20-12(3)19-15-10-13(4-7-16(15)20)8-9-18-17(21)14-5-6-14/h4,7,10-11,14H,5-6,8-9H2,1-3H3,(H,18,21). The summed E-state index contributed by atoms with van der Waals surface area (Å²) in [5.74, 6) is 1.56. The zero-order valence-electron chi connectivity index (χ0n) is 13.0. The lowest BCUT2D eigenvalue weighted by atomic mass is 10.1. The minimum atomic E-state index is 0.219. The van der Waals surface area contributed by atoms with Gasteiger partial charge in [0.15, 0.2) is 0 Å². The zero-order chi connectivity index (χ0) is 15.0. The summed E-state index contributed by atoms with van der Waals surface area (Å²) >= 11 is 0. The number of rotatable bonds is 5. The fourth-order valence-electron chi connectivity index (χ4n) is 2.89. The number of carbonyl (C=O) groups excluding carboxylic acids is 1. The van der Waals surface area contributed by atoms with Crippen molar-refractivity contribution in [1.82, 2.24) is 14.9 Å². The van der Waals surface area contributed by atoms with Crippen LogP contribution >= 0.6 is 0 Å². The molecular weight excluding hydrogens is 262 g/mol. The minimum absolute atomic E-state index is 0.219. The van der Waals surface area contributed by atoms with Gasteiger partial charge in [-0.1, -0.05) is 6.07 Å². The Kier molecular flexibility index (Phi) is 3.70. The van der Waals surface area contributed by atoms with E-state index in [4.69, 9.17) is 0 Å². The quantitative estimate of drug-likeness (QED) is 0.918. The van der Waals surface area contributed by atoms with E-state index in [0.717, 1.165) is 30.6 Å². The highest BCUT2D eigenvalue weighted by Gasteiger charge is 2.28. The summed E-state index contributed by atoms with van der Waals surface area (Å²) in [4.78, 5) is 16.3. The van der Waals surface area contributed by atoms with Gasteiger partial charge in [-0.25, -0.2) is 4.98 Å². The van der Waals surface area contributed by atoms with Crippen LogP contribution in [0, 0.1) is 12.8 Å². The number of nitrogens with one attached hydrogen (secondary N) is 1. The van der Waals surface area contributed by atoms with Crippen LogP contribution in [-0.2, 0) is 11.2 Å². The third kappa shape index (κ3) is 2.94. The maximum absolute atomic E-state index is 11.6. The Morgan fingerprint density at radius 2 is 2.19 bits per heavy atom. The normalized spacial score (nSPS) is 14.9. The van der Waals surface area contributed by atoms with Crippen molar-refractivity contribution in [2.24, 2.45) is 5.92 Å². The molecule has 0 unspecified atom stereocenters. The average molecular weight is 285 g/mol. The van der Waals surface area contributed by atoms with Gasteiger partial charge in [0.2, 0.25) is 5.91 Å². The molecule has 1 aromatic carbocycles. The van der Waals surface area contributed by atoms with Crippen LogP contribution in [0.4, 0.5) is 0 Å². The molecule has 1 N–H and O–H groups in total. The molecule has 1 saturated carbocycles. The van der Waals surface area contributed by atoms with E-state index in [1.807, 2.05) is 0 Å². The fraction of sp³-hybridized carbons (Fsp3) is 0.529. The van der Waals surface area contributed by atoms with E-state index in [1.165, 1.54) is 11.1 Å². The molecule has 0 saturated heterocycles. The van der Waals surface area contributed by atoms with E-state index in [2.05, 4.69) is 53.8 Å². The molecule has 21 heavy (non-hydrogen) atoms. The summed E-state index contributed by atoms with van der Waals surface area (Å²) in [6.45, 7) is 7.12. The number of fused-ring (bicyclic) bond motifs is 1. The predicted octanol–water partition coefficient (Wildman–Crippen LogP) is 2.99. The van der Waals surface area contributed by atoms with Crippen LogP contribution in [0.5, 0.6) is 0 Å². The van der Waals surface area contributed by atoms with E-state index in [-0.39, 0.29) is 11.8 Å². The molecule has 0 bridgehead atoms. The first kappa shape index (κ1) is 14.1. The minimum Gasteiger partial charge on any atom is -0.356 e. The smallest absolute Gasteiger partial charge is 0.223 e. The number of nitrogens with zero attached hydrogens (tertiary/aromatic N) is 2. The van der Waals surface area contributed by atoms with Gasteiger partial charge in [-0.2, -0.15) is 0 Å². The second-order valence-corrected chi connectivity index (χ2v) is 6.26. The van der Waals surface area contributed by atoms with Crippen LogP contribution in [0.25, 0.3) is 11.0 Å². The van der Waals surface area contributed by atoms with Gasteiger partial charge in [0.1, 0.15) is 5.82 Å². The van der Waals surface area contributed by atoms with E-state index in [0.29, 0.717) is 12.6 Å². The van der Waals surface area contributed by atoms with Crippen molar-refractivity contribution in [1.29, 1.82) is 0 Å². The Hall–Kier alpha value is -1.84. The highest BCUT2D eigenvalue weighted by molar-refractivity contribution is 5.81. The topological polar surface area (TPSA) is 46.9 Å². The molecule has 1 aliphatic rings. The van der Waals surface area contributed by atoms with Gasteiger partial charge in [-0.3, -0.25) is 4.79 Å². The van der Waals surface area contributed by atoms with Crippen molar-refractivity contribution in [3.63, 3.8) is 0 Å². The lowest BCUT2D eigenvalue weighted by Crippen LogP contribution is -2.26. The molecule has 3 rings (SSSR count). The second-order valence-electron chi connectivity index (χ2n) is 6.26. The van der Waals surface area contributed by atoms with Crippen LogP contribution in [-0.4, -0.2) is 22.0 Å². The number of aryl methyl sites for hydroxylation is 1. The largest absolute Gasteiger partial charge is 0.356 e. The van der Waals surface area contributed by atoms with E-state index < -0.39 is 0 Å². The Labute approximate surface area is 125 Å². The zero-order valence-corrected chi connectivity index (χ0v) is 13.0. The molecule has 1 aromatic heterocycles. The third-order valence-electron chi connectivity index (χ3n) is 4.11. The van der Waals surface area contributed by atoms with Crippen LogP contribution in [0.1, 0.15) is 44.1 Å². The van der Waals surface area contributed by atoms with Crippen molar-refractivity contribution in [3.05, 3.63) is 29.6 Å². The van der Waals surface area contributed by atoms with E-state index in [9.17, 15) is 4.79 Å². The summed E-state index contributed by atoms with van der Waals surface area (Å²) in [5, 5.41) is 3.01.